The van der Waals surface area contributed by atoms with Crippen LogP contribution in [0.4, 0.5) is 0 Å². The van der Waals surface area contributed by atoms with Gasteiger partial charge >= 0.3 is 5.97 Å². The van der Waals surface area contributed by atoms with Crippen molar-refractivity contribution in [2.45, 2.75) is 64.7 Å². The van der Waals surface area contributed by atoms with E-state index in [2.05, 4.69) is 0 Å². The Labute approximate surface area is 121 Å². The molecule has 1 unspecified atom stereocenters. The fraction of sp³-hybridized carbons (Fsp3) is 0.875. The molecule has 2 aliphatic rings. The van der Waals surface area contributed by atoms with E-state index in [1.54, 1.807) is 11.8 Å². The molecular weight excluding hydrogens is 254 g/mol. The zero-order chi connectivity index (χ0) is 14.6. The maximum Gasteiger partial charge on any atom is 0.311 e. The second-order valence-electron chi connectivity index (χ2n) is 6.83. The summed E-state index contributed by atoms with van der Waals surface area (Å²) in [7, 11) is 0. The maximum absolute atomic E-state index is 12.3. The fourth-order valence-electron chi connectivity index (χ4n) is 3.59. The molecule has 1 saturated carbocycles. The van der Waals surface area contributed by atoms with Crippen LogP contribution in [0.1, 0.15) is 64.7 Å². The normalized spacial score (nSPS) is 28.4. The first-order valence-electron chi connectivity index (χ1n) is 8.02. The third kappa shape index (κ3) is 3.74. The van der Waals surface area contributed by atoms with Crippen molar-refractivity contribution in [1.29, 1.82) is 0 Å². The molecule has 0 aromatic rings. The smallest absolute Gasteiger partial charge is 0.311 e. The molecular formula is C16H27NO3. The number of likely N-dealkylation sites (tertiary alicyclic amines) is 1. The van der Waals surface area contributed by atoms with Crippen LogP contribution < -0.4 is 0 Å². The zero-order valence-electron chi connectivity index (χ0n) is 12.6. The van der Waals surface area contributed by atoms with Crippen LogP contribution in [0.3, 0.4) is 0 Å². The minimum atomic E-state index is -0.776. The summed E-state index contributed by atoms with van der Waals surface area (Å²) < 4.78 is 0. The summed E-state index contributed by atoms with van der Waals surface area (Å²) in [5.74, 6) is 0.0911. The van der Waals surface area contributed by atoms with Crippen LogP contribution >= 0.6 is 0 Å². The summed E-state index contributed by atoms with van der Waals surface area (Å²) in [4.78, 5) is 25.4. The summed E-state index contributed by atoms with van der Waals surface area (Å²) in [6.45, 7) is 2.87. The van der Waals surface area contributed by atoms with Crippen LogP contribution in [0.2, 0.25) is 0 Å². The van der Waals surface area contributed by atoms with Crippen LogP contribution in [0, 0.1) is 11.3 Å². The third-order valence-electron chi connectivity index (χ3n) is 5.06. The lowest BCUT2D eigenvalue weighted by atomic mass is 9.81. The van der Waals surface area contributed by atoms with E-state index in [0.29, 0.717) is 25.3 Å². The van der Waals surface area contributed by atoms with Gasteiger partial charge in [-0.05, 0) is 32.1 Å². The van der Waals surface area contributed by atoms with Gasteiger partial charge in [-0.2, -0.15) is 0 Å². The molecule has 114 valence electrons. The SMILES string of the molecule is CC1(C(=O)O)CCCN(C(=O)CCC2CCCCC2)C1. The van der Waals surface area contributed by atoms with Gasteiger partial charge in [-0.3, -0.25) is 9.59 Å². The predicted octanol–water partition coefficient (Wildman–Crippen LogP) is 3.06. The van der Waals surface area contributed by atoms with Crippen molar-refractivity contribution in [2.75, 3.05) is 13.1 Å². The number of nitrogens with zero attached hydrogens (tertiary/aromatic N) is 1. The van der Waals surface area contributed by atoms with Crippen LogP contribution in [-0.2, 0) is 9.59 Å². The average molecular weight is 281 g/mol. The fourth-order valence-corrected chi connectivity index (χ4v) is 3.59. The van der Waals surface area contributed by atoms with Crippen molar-refractivity contribution in [1.82, 2.24) is 4.90 Å². The summed E-state index contributed by atoms with van der Waals surface area (Å²) in [5, 5.41) is 9.29. The Morgan fingerprint density at radius 2 is 1.90 bits per heavy atom. The molecule has 2 fully saturated rings. The van der Waals surface area contributed by atoms with Crippen molar-refractivity contribution >= 4 is 11.9 Å². The van der Waals surface area contributed by atoms with Crippen molar-refractivity contribution in [3.05, 3.63) is 0 Å². The highest BCUT2D eigenvalue weighted by Gasteiger charge is 2.39. The van der Waals surface area contributed by atoms with Crippen LogP contribution in [0.5, 0.6) is 0 Å². The maximum atomic E-state index is 12.3. The second kappa shape index (κ2) is 6.59. The molecule has 0 spiro atoms. The van der Waals surface area contributed by atoms with Gasteiger partial charge in [-0.1, -0.05) is 32.1 Å². The van der Waals surface area contributed by atoms with E-state index in [1.165, 1.54) is 32.1 Å². The molecule has 1 saturated heterocycles. The van der Waals surface area contributed by atoms with Gasteiger partial charge in [0.1, 0.15) is 0 Å². The van der Waals surface area contributed by atoms with Gasteiger partial charge in [-0.15, -0.1) is 0 Å². The quantitative estimate of drug-likeness (QED) is 0.861. The summed E-state index contributed by atoms with van der Waals surface area (Å²) >= 11 is 0. The number of carboxylic acid groups (broad SMARTS) is 1. The number of aliphatic carboxylic acids is 1. The Kier molecular flexibility index (Phi) is 5.06. The van der Waals surface area contributed by atoms with Gasteiger partial charge in [0.05, 0.1) is 5.41 Å². The van der Waals surface area contributed by atoms with Gasteiger partial charge < -0.3 is 10.0 Å². The van der Waals surface area contributed by atoms with E-state index in [9.17, 15) is 14.7 Å². The number of amides is 1. The lowest BCUT2D eigenvalue weighted by Gasteiger charge is -2.37. The molecule has 1 aliphatic heterocycles. The Balaban J connectivity index is 1.81. The second-order valence-corrected chi connectivity index (χ2v) is 6.83. The monoisotopic (exact) mass is 281 g/mol. The number of carbonyl (C=O) groups excluding carboxylic acids is 1. The Bertz CT molecular complexity index is 363. The molecule has 0 bridgehead atoms. The Morgan fingerprint density at radius 1 is 1.20 bits per heavy atom. The van der Waals surface area contributed by atoms with Crippen molar-refractivity contribution in [3.63, 3.8) is 0 Å². The molecule has 2 rings (SSSR count). The van der Waals surface area contributed by atoms with Crippen molar-refractivity contribution in [2.24, 2.45) is 11.3 Å². The van der Waals surface area contributed by atoms with Crippen molar-refractivity contribution in [3.8, 4) is 0 Å². The zero-order valence-corrected chi connectivity index (χ0v) is 12.6. The number of hydrogen-bond donors (Lipinski definition) is 1. The molecule has 20 heavy (non-hydrogen) atoms. The third-order valence-corrected chi connectivity index (χ3v) is 5.06. The molecule has 1 atom stereocenters. The van der Waals surface area contributed by atoms with E-state index >= 15 is 0 Å². The molecule has 0 radical (unpaired) electrons. The molecule has 1 amide bonds. The summed E-state index contributed by atoms with van der Waals surface area (Å²) in [5.41, 5.74) is -0.751. The first-order chi connectivity index (χ1) is 9.51. The minimum Gasteiger partial charge on any atom is -0.481 e. The lowest BCUT2D eigenvalue weighted by Crippen LogP contribution is -2.48. The van der Waals surface area contributed by atoms with E-state index in [0.717, 1.165) is 19.4 Å². The number of carboxylic acids is 1. The first kappa shape index (κ1) is 15.3. The predicted molar refractivity (Wildman–Crippen MR) is 77.4 cm³/mol. The molecule has 1 N–H and O–H groups in total. The minimum absolute atomic E-state index is 0.155. The van der Waals surface area contributed by atoms with Gasteiger partial charge in [0, 0.05) is 19.5 Å². The highest BCUT2D eigenvalue weighted by Crippen LogP contribution is 2.31. The van der Waals surface area contributed by atoms with E-state index in [1.807, 2.05) is 0 Å². The molecule has 4 heteroatoms. The van der Waals surface area contributed by atoms with E-state index in [4.69, 9.17) is 0 Å². The van der Waals surface area contributed by atoms with E-state index in [-0.39, 0.29) is 5.91 Å². The topological polar surface area (TPSA) is 57.6 Å². The van der Waals surface area contributed by atoms with Crippen LogP contribution in [-0.4, -0.2) is 35.0 Å². The number of rotatable bonds is 4. The average Bonchev–Trinajstić information content (AvgIpc) is 2.46. The standard InChI is InChI=1S/C16H27NO3/c1-16(15(19)20)10-5-11-17(12-16)14(18)9-8-13-6-3-2-4-7-13/h13H,2-12H2,1H3,(H,19,20). The number of piperidine rings is 1. The lowest BCUT2D eigenvalue weighted by molar-refractivity contribution is -0.153. The largest absolute Gasteiger partial charge is 0.481 e. The van der Waals surface area contributed by atoms with Gasteiger partial charge in [-0.25, -0.2) is 0 Å². The van der Waals surface area contributed by atoms with E-state index < -0.39 is 11.4 Å². The summed E-state index contributed by atoms with van der Waals surface area (Å²) in [6, 6.07) is 0. The first-order valence-corrected chi connectivity index (χ1v) is 8.02. The van der Waals surface area contributed by atoms with Crippen LogP contribution in [0.25, 0.3) is 0 Å². The van der Waals surface area contributed by atoms with Gasteiger partial charge in [0.2, 0.25) is 5.91 Å². The molecule has 1 aliphatic carbocycles. The number of hydrogen-bond acceptors (Lipinski definition) is 2. The highest BCUT2D eigenvalue weighted by atomic mass is 16.4. The Hall–Kier alpha value is -1.06. The highest BCUT2D eigenvalue weighted by molar-refractivity contribution is 5.79. The molecule has 1 heterocycles. The van der Waals surface area contributed by atoms with Crippen LogP contribution in [0.15, 0.2) is 0 Å². The molecule has 0 aromatic heterocycles. The summed E-state index contributed by atoms with van der Waals surface area (Å²) in [6.07, 6.45) is 9.54. The molecule has 4 nitrogen and oxygen atoms in total. The number of carbonyl (C=O) groups is 2. The Morgan fingerprint density at radius 3 is 2.55 bits per heavy atom. The molecule has 0 aromatic carbocycles. The van der Waals surface area contributed by atoms with Crippen molar-refractivity contribution < 1.29 is 14.7 Å². The van der Waals surface area contributed by atoms with Gasteiger partial charge in [0.15, 0.2) is 0 Å². The van der Waals surface area contributed by atoms with Gasteiger partial charge in [0.25, 0.3) is 0 Å².